The molecule has 3 aromatic rings. The summed E-state index contributed by atoms with van der Waals surface area (Å²) in [6.07, 6.45) is 2.13. The van der Waals surface area contributed by atoms with Gasteiger partial charge in [-0.1, -0.05) is 60.3 Å². The molecule has 0 aliphatic carbocycles. The minimum atomic E-state index is -0.449. The highest BCUT2D eigenvalue weighted by molar-refractivity contribution is 7.99. The first-order valence-electron chi connectivity index (χ1n) is 10.2. The molecule has 6 heteroatoms. The van der Waals surface area contributed by atoms with E-state index in [1.54, 1.807) is 0 Å². The fourth-order valence-corrected chi connectivity index (χ4v) is 4.78. The van der Waals surface area contributed by atoms with Crippen molar-refractivity contribution in [1.82, 2.24) is 9.97 Å². The van der Waals surface area contributed by atoms with E-state index in [-0.39, 0.29) is 17.2 Å². The van der Waals surface area contributed by atoms with Crippen LogP contribution in [-0.2, 0) is 4.79 Å². The van der Waals surface area contributed by atoms with Gasteiger partial charge in [0.15, 0.2) is 5.16 Å². The normalized spacial score (nSPS) is 14.7. The van der Waals surface area contributed by atoms with Crippen LogP contribution in [0.4, 0.5) is 5.69 Å². The fraction of sp³-hybridized carbons (Fsp3) is 0.240. The number of carbonyl (C=O) groups is 1. The number of nitrogens with one attached hydrogen (secondary N) is 1. The van der Waals surface area contributed by atoms with Crippen molar-refractivity contribution >= 4 is 28.9 Å². The molecule has 0 saturated heterocycles. The van der Waals surface area contributed by atoms with Gasteiger partial charge in [0, 0.05) is 17.2 Å². The van der Waals surface area contributed by atoms with Gasteiger partial charge < -0.3 is 9.88 Å². The highest BCUT2D eigenvalue weighted by Gasteiger charge is 2.35. The van der Waals surface area contributed by atoms with E-state index in [9.17, 15) is 9.59 Å². The second-order valence-corrected chi connectivity index (χ2v) is 9.29. The van der Waals surface area contributed by atoms with Gasteiger partial charge in [-0.05, 0) is 44.9 Å². The number of anilines is 1. The molecule has 4 rings (SSSR count). The molecule has 2 aromatic carbocycles. The Morgan fingerprint density at radius 1 is 1.10 bits per heavy atom. The van der Waals surface area contributed by atoms with Crippen LogP contribution < -0.4 is 10.5 Å². The van der Waals surface area contributed by atoms with Gasteiger partial charge in [0.2, 0.25) is 5.91 Å². The standard InChI is InChI=1S/C25H25N3O2S/c1-16-10-11-19-17(2)14-25(3,4)28(21(19)12-16)23(30)15-31-24-26-20(13-22(29)27-24)18-8-6-5-7-9-18/h5-14H,15H2,1-4H3,(H,26,27,29). The second kappa shape index (κ2) is 8.19. The molecule has 0 saturated carbocycles. The van der Waals surface area contributed by atoms with Crippen LogP contribution in [-0.4, -0.2) is 27.2 Å². The first-order valence-corrected chi connectivity index (χ1v) is 11.2. The number of hydrogen-bond donors (Lipinski definition) is 1. The van der Waals surface area contributed by atoms with Crippen LogP contribution >= 0.6 is 11.8 Å². The molecule has 0 atom stereocenters. The molecular weight excluding hydrogens is 406 g/mol. The molecule has 0 fully saturated rings. The van der Waals surface area contributed by atoms with Crippen LogP contribution in [0.2, 0.25) is 0 Å². The smallest absolute Gasteiger partial charge is 0.252 e. The Balaban J connectivity index is 1.60. The number of aromatic amines is 1. The van der Waals surface area contributed by atoms with Crippen LogP contribution in [0.5, 0.6) is 0 Å². The topological polar surface area (TPSA) is 66.1 Å². The summed E-state index contributed by atoms with van der Waals surface area (Å²) in [5, 5.41) is 0.436. The van der Waals surface area contributed by atoms with Crippen molar-refractivity contribution in [2.45, 2.75) is 38.4 Å². The summed E-state index contributed by atoms with van der Waals surface area (Å²) in [6.45, 7) is 8.19. The van der Waals surface area contributed by atoms with Crippen molar-refractivity contribution in [3.8, 4) is 11.3 Å². The van der Waals surface area contributed by atoms with Crippen molar-refractivity contribution in [1.29, 1.82) is 0 Å². The summed E-state index contributed by atoms with van der Waals surface area (Å²) >= 11 is 1.25. The Morgan fingerprint density at radius 2 is 1.84 bits per heavy atom. The van der Waals surface area contributed by atoms with Gasteiger partial charge in [0.1, 0.15) is 0 Å². The first-order chi connectivity index (χ1) is 14.7. The summed E-state index contributed by atoms with van der Waals surface area (Å²) < 4.78 is 0. The maximum absolute atomic E-state index is 13.4. The van der Waals surface area contributed by atoms with E-state index in [0.717, 1.165) is 22.4 Å². The summed E-state index contributed by atoms with van der Waals surface area (Å²) in [5.74, 6) is 0.142. The summed E-state index contributed by atoms with van der Waals surface area (Å²) in [5.41, 5.74) is 5.04. The third-order valence-corrected chi connectivity index (χ3v) is 6.19. The number of amides is 1. The zero-order valence-electron chi connectivity index (χ0n) is 18.1. The molecule has 0 radical (unpaired) electrons. The van der Waals surface area contributed by atoms with E-state index in [1.165, 1.54) is 23.4 Å². The highest BCUT2D eigenvalue weighted by atomic mass is 32.2. The maximum Gasteiger partial charge on any atom is 0.252 e. The predicted octanol–water partition coefficient (Wildman–Crippen LogP) is 5.07. The SMILES string of the molecule is CC1=CC(C)(C)N(C(=O)CSc2nc(-c3ccccc3)cc(=O)[nH]2)c2cc(C)ccc21. The van der Waals surface area contributed by atoms with E-state index in [4.69, 9.17) is 0 Å². The van der Waals surface area contributed by atoms with Crippen molar-refractivity contribution in [3.63, 3.8) is 0 Å². The second-order valence-electron chi connectivity index (χ2n) is 8.32. The number of aryl methyl sites for hydroxylation is 1. The van der Waals surface area contributed by atoms with Gasteiger partial charge in [0.05, 0.1) is 22.7 Å². The van der Waals surface area contributed by atoms with Gasteiger partial charge >= 0.3 is 0 Å². The minimum absolute atomic E-state index is 0.0293. The van der Waals surface area contributed by atoms with Crippen LogP contribution in [0.3, 0.4) is 0 Å². The molecule has 2 heterocycles. The number of allylic oxidation sites excluding steroid dienone is 1. The molecule has 0 spiro atoms. The Hall–Kier alpha value is -3.12. The molecule has 1 aliphatic rings. The van der Waals surface area contributed by atoms with E-state index in [1.807, 2.05) is 56.0 Å². The zero-order chi connectivity index (χ0) is 22.2. The van der Waals surface area contributed by atoms with Crippen LogP contribution in [0.15, 0.2) is 70.6 Å². The third-order valence-electron chi connectivity index (χ3n) is 5.34. The lowest BCUT2D eigenvalue weighted by molar-refractivity contribution is -0.116. The van der Waals surface area contributed by atoms with Crippen molar-refractivity contribution in [3.05, 3.63) is 82.2 Å². The molecule has 0 bridgehead atoms. The average Bonchev–Trinajstić information content (AvgIpc) is 2.71. The molecule has 1 aromatic heterocycles. The average molecular weight is 432 g/mol. The maximum atomic E-state index is 13.4. The number of aromatic nitrogens is 2. The lowest BCUT2D eigenvalue weighted by Gasteiger charge is -2.41. The molecule has 31 heavy (non-hydrogen) atoms. The molecule has 5 nitrogen and oxygen atoms in total. The first kappa shape index (κ1) is 21.1. The van der Waals surface area contributed by atoms with Gasteiger partial charge in [-0.15, -0.1) is 0 Å². The van der Waals surface area contributed by atoms with Crippen LogP contribution in [0.25, 0.3) is 16.8 Å². The Labute approximate surface area is 186 Å². The summed E-state index contributed by atoms with van der Waals surface area (Å²) in [4.78, 5) is 34.7. The predicted molar refractivity (Wildman–Crippen MR) is 127 cm³/mol. The van der Waals surface area contributed by atoms with Gasteiger partial charge in [0.25, 0.3) is 5.56 Å². The van der Waals surface area contributed by atoms with Gasteiger partial charge in [-0.2, -0.15) is 0 Å². The Bertz CT molecular complexity index is 1230. The van der Waals surface area contributed by atoms with E-state index < -0.39 is 5.54 Å². The van der Waals surface area contributed by atoms with Gasteiger partial charge in [-0.3, -0.25) is 9.59 Å². The highest BCUT2D eigenvalue weighted by Crippen LogP contribution is 2.39. The van der Waals surface area contributed by atoms with E-state index in [0.29, 0.717) is 10.9 Å². The third kappa shape index (κ3) is 4.35. The monoisotopic (exact) mass is 431 g/mol. The molecule has 158 valence electrons. The molecular formula is C25H25N3O2S. The number of rotatable bonds is 4. The molecule has 1 amide bonds. The van der Waals surface area contributed by atoms with Gasteiger partial charge in [-0.25, -0.2) is 4.98 Å². The number of benzene rings is 2. The molecule has 1 N–H and O–H groups in total. The van der Waals surface area contributed by atoms with E-state index in [2.05, 4.69) is 41.2 Å². The van der Waals surface area contributed by atoms with Crippen LogP contribution in [0.1, 0.15) is 31.9 Å². The number of thioether (sulfide) groups is 1. The lowest BCUT2D eigenvalue weighted by Crippen LogP contribution is -2.49. The largest absolute Gasteiger partial charge is 0.302 e. The fourth-order valence-electron chi connectivity index (χ4n) is 4.05. The Kier molecular flexibility index (Phi) is 5.58. The minimum Gasteiger partial charge on any atom is -0.302 e. The van der Waals surface area contributed by atoms with Crippen molar-refractivity contribution in [2.24, 2.45) is 0 Å². The van der Waals surface area contributed by atoms with E-state index >= 15 is 0 Å². The van der Waals surface area contributed by atoms with Crippen molar-refractivity contribution < 1.29 is 4.79 Å². The summed E-state index contributed by atoms with van der Waals surface area (Å²) in [6, 6.07) is 17.2. The Morgan fingerprint density at radius 3 is 2.58 bits per heavy atom. The summed E-state index contributed by atoms with van der Waals surface area (Å²) in [7, 11) is 0. The molecule has 1 aliphatic heterocycles. The van der Waals surface area contributed by atoms with Crippen LogP contribution in [0, 0.1) is 6.92 Å². The number of carbonyl (C=O) groups excluding carboxylic acids is 1. The number of nitrogens with zero attached hydrogens (tertiary/aromatic N) is 2. The zero-order valence-corrected chi connectivity index (χ0v) is 18.9. The number of H-pyrrole nitrogens is 1. The lowest BCUT2D eigenvalue weighted by atomic mass is 9.88. The van der Waals surface area contributed by atoms with Crippen molar-refractivity contribution in [2.75, 3.05) is 10.7 Å². The quantitative estimate of drug-likeness (QED) is 0.463. The number of hydrogen-bond acceptors (Lipinski definition) is 4. The molecule has 0 unspecified atom stereocenters. The number of fused-ring (bicyclic) bond motifs is 1.